The van der Waals surface area contributed by atoms with E-state index in [-0.39, 0.29) is 41.0 Å². The first-order valence-corrected chi connectivity index (χ1v) is 12.1. The Morgan fingerprint density at radius 3 is 2.40 bits per heavy atom. The first kappa shape index (κ1) is 28.1. The maximum Gasteiger partial charge on any atom is 0.416 e. The van der Waals surface area contributed by atoms with Crippen molar-refractivity contribution >= 4 is 29.2 Å². The first-order chi connectivity index (χ1) is 19.0. The molecule has 0 aromatic heterocycles. The molecule has 3 N–H and O–H groups in total. The molecule has 1 aliphatic rings. The molecule has 0 bridgehead atoms. The third-order valence-electron chi connectivity index (χ3n) is 6.40. The number of hydrogen-bond acceptors (Lipinski definition) is 4. The van der Waals surface area contributed by atoms with Gasteiger partial charge in [0.2, 0.25) is 5.91 Å². The van der Waals surface area contributed by atoms with Crippen LogP contribution in [0.15, 0.2) is 60.7 Å². The maximum atomic E-state index is 15.5. The summed E-state index contributed by atoms with van der Waals surface area (Å²) in [6, 6.07) is 12.7. The van der Waals surface area contributed by atoms with E-state index >= 15 is 4.39 Å². The van der Waals surface area contributed by atoms with E-state index in [1.54, 1.807) is 18.2 Å². The molecule has 40 heavy (non-hydrogen) atoms. The van der Waals surface area contributed by atoms with Crippen LogP contribution in [0, 0.1) is 17.1 Å². The molecule has 0 saturated carbocycles. The smallest absolute Gasteiger partial charge is 0.355 e. The zero-order chi connectivity index (χ0) is 29.0. The number of rotatable bonds is 5. The lowest BCUT2D eigenvalue weighted by Gasteiger charge is -2.33. The summed E-state index contributed by atoms with van der Waals surface area (Å²) >= 11 is 0. The number of nitriles is 1. The largest absolute Gasteiger partial charge is 0.416 e. The second kappa shape index (κ2) is 11.4. The number of carbonyl (C=O) groups excluding carboxylic acids is 3. The van der Waals surface area contributed by atoms with E-state index in [1.165, 1.54) is 19.2 Å². The van der Waals surface area contributed by atoms with Gasteiger partial charge in [-0.1, -0.05) is 18.2 Å². The number of carbonyl (C=O) groups is 3. The van der Waals surface area contributed by atoms with Gasteiger partial charge in [0, 0.05) is 30.4 Å². The zero-order valence-corrected chi connectivity index (χ0v) is 21.1. The lowest BCUT2D eigenvalue weighted by Crippen LogP contribution is -2.53. The first-order valence-electron chi connectivity index (χ1n) is 12.1. The summed E-state index contributed by atoms with van der Waals surface area (Å²) in [4.78, 5) is 39.6. The summed E-state index contributed by atoms with van der Waals surface area (Å²) in [6.45, 7) is 0.121. The Morgan fingerprint density at radius 2 is 1.75 bits per heavy atom. The lowest BCUT2D eigenvalue weighted by atomic mass is 9.94. The number of hydrogen-bond donors (Lipinski definition) is 3. The average Bonchev–Trinajstić information content (AvgIpc) is 2.93. The standard InChI is InChI=1S/C28H23F4N5O3/c1-34-25(38)21-14-24(22(29)13-20(21)19-6-3-2-5-16(19)15-33)37-12-4-7-23(26(37)39)36-27(40)35-18-10-8-17(9-11-18)28(30,31)32/h2-3,5-6,8-11,13-14,23H,4,7,12H2,1H3,(H,34,38)(H2,35,36,40). The van der Waals surface area contributed by atoms with Crippen LogP contribution in [-0.4, -0.2) is 37.5 Å². The van der Waals surface area contributed by atoms with Gasteiger partial charge >= 0.3 is 12.2 Å². The van der Waals surface area contributed by atoms with Gasteiger partial charge in [-0.2, -0.15) is 18.4 Å². The third kappa shape index (κ3) is 5.88. The van der Waals surface area contributed by atoms with Crippen molar-refractivity contribution < 1.29 is 31.9 Å². The lowest BCUT2D eigenvalue weighted by molar-refractivity contribution is -0.137. The predicted molar refractivity (Wildman–Crippen MR) is 139 cm³/mol. The Labute approximate surface area is 226 Å². The fraction of sp³-hybridized carbons (Fsp3) is 0.214. The summed E-state index contributed by atoms with van der Waals surface area (Å²) in [5.41, 5.74) is -0.165. The van der Waals surface area contributed by atoms with Gasteiger partial charge in [-0.3, -0.25) is 9.59 Å². The van der Waals surface area contributed by atoms with Crippen LogP contribution >= 0.6 is 0 Å². The molecule has 0 aliphatic carbocycles. The van der Waals surface area contributed by atoms with E-state index in [1.807, 2.05) is 6.07 Å². The Bertz CT molecular complexity index is 1500. The summed E-state index contributed by atoms with van der Waals surface area (Å²) in [5, 5.41) is 16.8. The second-order valence-corrected chi connectivity index (χ2v) is 8.94. The topological polar surface area (TPSA) is 114 Å². The van der Waals surface area contributed by atoms with E-state index in [0.717, 1.165) is 35.2 Å². The number of alkyl halides is 3. The van der Waals surface area contributed by atoms with Crippen molar-refractivity contribution in [2.45, 2.75) is 25.1 Å². The molecule has 1 saturated heterocycles. The van der Waals surface area contributed by atoms with Crippen LogP contribution < -0.4 is 20.9 Å². The highest BCUT2D eigenvalue weighted by atomic mass is 19.4. The molecule has 206 valence electrons. The number of urea groups is 1. The predicted octanol–water partition coefficient (Wildman–Crippen LogP) is 5.06. The normalized spacial score (nSPS) is 15.2. The number of anilines is 2. The van der Waals surface area contributed by atoms with Crippen LogP contribution in [-0.2, 0) is 11.0 Å². The molecule has 12 heteroatoms. The summed E-state index contributed by atoms with van der Waals surface area (Å²) < 4.78 is 53.8. The van der Waals surface area contributed by atoms with Gasteiger partial charge in [0.05, 0.1) is 22.9 Å². The molecular formula is C28H23F4N5O3. The molecule has 1 heterocycles. The molecule has 0 spiro atoms. The van der Waals surface area contributed by atoms with Crippen LogP contribution in [0.1, 0.15) is 34.3 Å². The minimum Gasteiger partial charge on any atom is -0.355 e. The van der Waals surface area contributed by atoms with E-state index < -0.39 is 41.4 Å². The Kier molecular flexibility index (Phi) is 8.04. The fourth-order valence-corrected chi connectivity index (χ4v) is 4.45. The third-order valence-corrected chi connectivity index (χ3v) is 6.40. The number of amides is 4. The van der Waals surface area contributed by atoms with Crippen LogP contribution in [0.25, 0.3) is 11.1 Å². The van der Waals surface area contributed by atoms with E-state index in [0.29, 0.717) is 12.0 Å². The van der Waals surface area contributed by atoms with Gasteiger partial charge in [0.15, 0.2) is 0 Å². The van der Waals surface area contributed by atoms with Crippen molar-refractivity contribution in [3.05, 3.63) is 83.2 Å². The molecular weight excluding hydrogens is 530 g/mol. The molecule has 3 aromatic rings. The monoisotopic (exact) mass is 553 g/mol. The van der Waals surface area contributed by atoms with Crippen molar-refractivity contribution in [2.75, 3.05) is 23.8 Å². The second-order valence-electron chi connectivity index (χ2n) is 8.94. The molecule has 1 aliphatic heterocycles. The van der Waals surface area contributed by atoms with Gasteiger partial charge in [-0.25, -0.2) is 9.18 Å². The van der Waals surface area contributed by atoms with Crippen molar-refractivity contribution in [3.8, 4) is 17.2 Å². The van der Waals surface area contributed by atoms with E-state index in [4.69, 9.17) is 0 Å². The molecule has 1 fully saturated rings. The van der Waals surface area contributed by atoms with Crippen LogP contribution in [0.2, 0.25) is 0 Å². The Hall–Kier alpha value is -4.92. The molecule has 4 rings (SSSR count). The van der Waals surface area contributed by atoms with Crippen LogP contribution in [0.3, 0.4) is 0 Å². The number of halogens is 4. The number of nitrogens with zero attached hydrogens (tertiary/aromatic N) is 2. The summed E-state index contributed by atoms with van der Waals surface area (Å²) in [7, 11) is 1.40. The Morgan fingerprint density at radius 1 is 1.05 bits per heavy atom. The highest BCUT2D eigenvalue weighted by Gasteiger charge is 2.34. The highest BCUT2D eigenvalue weighted by Crippen LogP contribution is 2.34. The molecule has 0 radical (unpaired) electrons. The molecule has 1 atom stereocenters. The molecule has 4 amide bonds. The van der Waals surface area contributed by atoms with Gasteiger partial charge in [-0.05, 0) is 60.9 Å². The molecule has 8 nitrogen and oxygen atoms in total. The fourth-order valence-electron chi connectivity index (χ4n) is 4.45. The van der Waals surface area contributed by atoms with Gasteiger partial charge in [-0.15, -0.1) is 0 Å². The van der Waals surface area contributed by atoms with Crippen LogP contribution in [0.5, 0.6) is 0 Å². The quantitative estimate of drug-likeness (QED) is 0.383. The van der Waals surface area contributed by atoms with Crippen molar-refractivity contribution in [1.29, 1.82) is 5.26 Å². The van der Waals surface area contributed by atoms with Gasteiger partial charge < -0.3 is 20.9 Å². The zero-order valence-electron chi connectivity index (χ0n) is 21.1. The summed E-state index contributed by atoms with van der Waals surface area (Å²) in [5.74, 6) is -1.99. The van der Waals surface area contributed by atoms with E-state index in [2.05, 4.69) is 16.0 Å². The minimum absolute atomic E-state index is 0.0459. The molecule has 1 unspecified atom stereocenters. The van der Waals surface area contributed by atoms with Gasteiger partial charge in [0.25, 0.3) is 5.91 Å². The Balaban J connectivity index is 1.57. The highest BCUT2D eigenvalue weighted by molar-refractivity contribution is 6.05. The van der Waals surface area contributed by atoms with Crippen molar-refractivity contribution in [3.63, 3.8) is 0 Å². The average molecular weight is 554 g/mol. The molecule has 3 aromatic carbocycles. The number of nitrogens with one attached hydrogen (secondary N) is 3. The maximum absolute atomic E-state index is 15.5. The summed E-state index contributed by atoms with van der Waals surface area (Å²) in [6.07, 6.45) is -3.89. The minimum atomic E-state index is -4.52. The van der Waals surface area contributed by atoms with Crippen molar-refractivity contribution in [1.82, 2.24) is 10.6 Å². The van der Waals surface area contributed by atoms with Crippen molar-refractivity contribution in [2.24, 2.45) is 0 Å². The van der Waals surface area contributed by atoms with E-state index in [9.17, 15) is 32.8 Å². The van der Waals surface area contributed by atoms with Gasteiger partial charge in [0.1, 0.15) is 11.9 Å². The SMILES string of the molecule is CNC(=O)c1cc(N2CCCC(NC(=O)Nc3ccc(C(F)(F)F)cc3)C2=O)c(F)cc1-c1ccccc1C#N. The number of benzene rings is 3. The number of piperidine rings is 1. The van der Waals surface area contributed by atoms with Crippen LogP contribution in [0.4, 0.5) is 33.7 Å².